The molecule has 0 radical (unpaired) electrons. The number of hydrogen-bond acceptors (Lipinski definition) is 5. The first-order valence-electron chi connectivity index (χ1n) is 10.4. The zero-order valence-electron chi connectivity index (χ0n) is 18.1. The van der Waals surface area contributed by atoms with E-state index >= 15 is 0 Å². The lowest BCUT2D eigenvalue weighted by molar-refractivity contribution is 0.172. The van der Waals surface area contributed by atoms with Crippen LogP contribution in [0.25, 0.3) is 21.8 Å². The highest BCUT2D eigenvalue weighted by Crippen LogP contribution is 2.28. The second-order valence-corrected chi connectivity index (χ2v) is 9.70. The van der Waals surface area contributed by atoms with Gasteiger partial charge in [-0.3, -0.25) is 4.72 Å². The Morgan fingerprint density at radius 3 is 2.56 bits per heavy atom. The van der Waals surface area contributed by atoms with E-state index in [0.29, 0.717) is 30.9 Å². The van der Waals surface area contributed by atoms with Crippen molar-refractivity contribution in [2.45, 2.75) is 13.0 Å². The van der Waals surface area contributed by atoms with Gasteiger partial charge in [0, 0.05) is 41.1 Å². The summed E-state index contributed by atoms with van der Waals surface area (Å²) in [7, 11) is -3.36. The summed E-state index contributed by atoms with van der Waals surface area (Å²) in [6, 6.07) is 19.1. The van der Waals surface area contributed by atoms with Crippen LogP contribution in [-0.2, 0) is 10.0 Å². The molecule has 4 aromatic rings. The number of benzene rings is 3. The van der Waals surface area contributed by atoms with Crippen molar-refractivity contribution in [1.29, 1.82) is 0 Å². The van der Waals surface area contributed by atoms with Crippen molar-refractivity contribution in [3.8, 4) is 5.75 Å². The Morgan fingerprint density at radius 2 is 1.78 bits per heavy atom. The predicted octanol–water partition coefficient (Wildman–Crippen LogP) is 3.70. The van der Waals surface area contributed by atoms with Crippen LogP contribution in [0.4, 0.5) is 5.69 Å². The summed E-state index contributed by atoms with van der Waals surface area (Å²) < 4.78 is 31.0. The molecular formula is C24H27N3O4S. The van der Waals surface area contributed by atoms with Gasteiger partial charge < -0.3 is 20.1 Å². The van der Waals surface area contributed by atoms with Gasteiger partial charge in [0.05, 0.1) is 17.9 Å². The van der Waals surface area contributed by atoms with Gasteiger partial charge in [0.2, 0.25) is 10.0 Å². The van der Waals surface area contributed by atoms with Gasteiger partial charge in [-0.25, -0.2) is 8.42 Å². The molecule has 0 amide bonds. The van der Waals surface area contributed by atoms with Gasteiger partial charge in [-0.15, -0.1) is 0 Å². The van der Waals surface area contributed by atoms with E-state index in [1.165, 1.54) is 16.3 Å². The number of hydrogen-bond donors (Lipinski definition) is 4. The maximum absolute atomic E-state index is 11.4. The smallest absolute Gasteiger partial charge is 0.229 e. The third-order valence-electron chi connectivity index (χ3n) is 5.19. The van der Waals surface area contributed by atoms with Gasteiger partial charge in [-0.2, -0.15) is 0 Å². The molecule has 4 N–H and O–H groups in total. The van der Waals surface area contributed by atoms with Crippen LogP contribution in [-0.4, -0.2) is 44.5 Å². The average molecular weight is 454 g/mol. The Kier molecular flexibility index (Phi) is 6.36. The minimum Gasteiger partial charge on any atom is -0.492 e. The first-order valence-corrected chi connectivity index (χ1v) is 12.3. The Hall–Kier alpha value is -3.07. The Balaban J connectivity index is 1.28. The molecule has 0 aliphatic heterocycles. The molecule has 168 valence electrons. The Bertz CT molecular complexity index is 1350. The van der Waals surface area contributed by atoms with E-state index < -0.39 is 16.1 Å². The molecule has 0 fully saturated rings. The molecule has 0 saturated heterocycles. The number of ether oxygens (including phenoxy) is 1. The summed E-state index contributed by atoms with van der Waals surface area (Å²) in [5.41, 5.74) is 4.42. The van der Waals surface area contributed by atoms with Gasteiger partial charge in [-0.05, 0) is 48.4 Å². The molecule has 0 aliphatic rings. The molecule has 3 aromatic carbocycles. The summed E-state index contributed by atoms with van der Waals surface area (Å²) in [5.74, 6) is 0.780. The van der Waals surface area contributed by atoms with Crippen molar-refractivity contribution < 1.29 is 18.3 Å². The molecular weight excluding hydrogens is 426 g/mol. The third-order valence-corrected chi connectivity index (χ3v) is 5.79. The fourth-order valence-electron chi connectivity index (χ4n) is 3.71. The Labute approximate surface area is 187 Å². The number of aliphatic hydroxyl groups is 1. The maximum Gasteiger partial charge on any atom is 0.229 e. The first-order chi connectivity index (χ1) is 15.3. The lowest BCUT2D eigenvalue weighted by Gasteiger charge is -2.14. The molecule has 1 aromatic heterocycles. The van der Waals surface area contributed by atoms with E-state index in [9.17, 15) is 13.5 Å². The molecule has 8 heteroatoms. The second-order valence-electron chi connectivity index (χ2n) is 7.95. The molecule has 7 nitrogen and oxygen atoms in total. The third kappa shape index (κ3) is 5.40. The van der Waals surface area contributed by atoms with Crippen LogP contribution in [0.15, 0.2) is 60.7 Å². The van der Waals surface area contributed by atoms with Crippen molar-refractivity contribution in [3.63, 3.8) is 0 Å². The van der Waals surface area contributed by atoms with Crippen molar-refractivity contribution in [2.75, 3.05) is 30.7 Å². The number of fused-ring (bicyclic) bond motifs is 3. The predicted molar refractivity (Wildman–Crippen MR) is 129 cm³/mol. The first kappa shape index (κ1) is 22.1. The van der Waals surface area contributed by atoms with Crippen molar-refractivity contribution in [2.24, 2.45) is 0 Å². The highest BCUT2D eigenvalue weighted by atomic mass is 32.2. The van der Waals surface area contributed by atoms with Crippen molar-refractivity contribution in [1.82, 2.24) is 10.3 Å². The van der Waals surface area contributed by atoms with Gasteiger partial charge in [0.25, 0.3) is 0 Å². The van der Waals surface area contributed by atoms with E-state index in [0.717, 1.165) is 23.0 Å². The zero-order valence-corrected chi connectivity index (χ0v) is 18.9. The number of aryl methyl sites for hydroxylation is 1. The summed E-state index contributed by atoms with van der Waals surface area (Å²) in [5, 5.41) is 15.9. The zero-order chi connectivity index (χ0) is 22.7. The fourth-order valence-corrected chi connectivity index (χ4v) is 4.27. The average Bonchev–Trinajstić information content (AvgIpc) is 3.08. The van der Waals surface area contributed by atoms with E-state index in [1.54, 1.807) is 24.3 Å². The molecule has 32 heavy (non-hydrogen) atoms. The van der Waals surface area contributed by atoms with Crippen molar-refractivity contribution >= 4 is 37.5 Å². The topological polar surface area (TPSA) is 103 Å². The van der Waals surface area contributed by atoms with Gasteiger partial charge in [0.15, 0.2) is 0 Å². The molecule has 1 atom stereocenters. The highest BCUT2D eigenvalue weighted by Gasteiger charge is 2.10. The second kappa shape index (κ2) is 9.20. The van der Waals surface area contributed by atoms with E-state index in [1.807, 2.05) is 12.1 Å². The van der Waals surface area contributed by atoms with Crippen LogP contribution in [0.5, 0.6) is 5.75 Å². The molecule has 0 spiro atoms. The van der Waals surface area contributed by atoms with Gasteiger partial charge in [-0.1, -0.05) is 24.3 Å². The molecule has 0 saturated carbocycles. The normalized spacial score (nSPS) is 12.8. The minimum absolute atomic E-state index is 0.325. The number of anilines is 1. The number of nitrogens with one attached hydrogen (secondary N) is 3. The Morgan fingerprint density at radius 1 is 1.03 bits per heavy atom. The quantitative estimate of drug-likeness (QED) is 0.289. The van der Waals surface area contributed by atoms with E-state index in [2.05, 4.69) is 46.2 Å². The van der Waals surface area contributed by atoms with E-state index in [-0.39, 0.29) is 0 Å². The molecule has 0 aliphatic carbocycles. The molecule has 0 bridgehead atoms. The number of aliphatic hydroxyl groups excluding tert-OH is 1. The maximum atomic E-state index is 11.4. The fraction of sp³-hybridized carbons (Fsp3) is 0.250. The van der Waals surface area contributed by atoms with E-state index in [4.69, 9.17) is 4.74 Å². The summed E-state index contributed by atoms with van der Waals surface area (Å²) >= 11 is 0. The largest absolute Gasteiger partial charge is 0.492 e. The highest BCUT2D eigenvalue weighted by molar-refractivity contribution is 7.92. The van der Waals surface area contributed by atoms with Crippen molar-refractivity contribution in [3.05, 3.63) is 71.8 Å². The minimum atomic E-state index is -3.36. The van der Waals surface area contributed by atoms with Crippen LogP contribution >= 0.6 is 0 Å². The SMILES string of the molecule is Cc1ccc2c(c1)[nH]c1cc(OCCNC[C@@H](O)c3cccc(NS(C)(=O)=O)c3)ccc12. The number of aromatic nitrogens is 1. The molecule has 0 unspecified atom stereocenters. The summed E-state index contributed by atoms with van der Waals surface area (Å²) in [6.45, 7) is 3.41. The molecule has 1 heterocycles. The molecule has 4 rings (SSSR count). The van der Waals surface area contributed by atoms with Gasteiger partial charge >= 0.3 is 0 Å². The standard InChI is InChI=1S/C24H27N3O4S/c1-16-6-8-20-21-9-7-19(14-23(21)26-22(20)12-16)31-11-10-25-15-24(28)17-4-3-5-18(13-17)27-32(2,29)30/h3-9,12-14,24-28H,10-11,15H2,1-2H3/t24-/m1/s1. The van der Waals surface area contributed by atoms with Crippen LogP contribution < -0.4 is 14.8 Å². The lowest BCUT2D eigenvalue weighted by atomic mass is 10.1. The monoisotopic (exact) mass is 453 g/mol. The van der Waals surface area contributed by atoms with Gasteiger partial charge in [0.1, 0.15) is 12.4 Å². The number of rotatable bonds is 9. The summed E-state index contributed by atoms with van der Waals surface area (Å²) in [6.07, 6.45) is 0.330. The number of sulfonamides is 1. The summed E-state index contributed by atoms with van der Waals surface area (Å²) in [4.78, 5) is 3.44. The van der Waals surface area contributed by atoms with Crippen LogP contribution in [0.1, 0.15) is 17.2 Å². The number of aromatic amines is 1. The van der Waals surface area contributed by atoms with Crippen LogP contribution in [0, 0.1) is 6.92 Å². The number of H-pyrrole nitrogens is 1. The van der Waals surface area contributed by atoms with Crippen LogP contribution in [0.2, 0.25) is 0 Å². The van der Waals surface area contributed by atoms with Crippen LogP contribution in [0.3, 0.4) is 0 Å². The lowest BCUT2D eigenvalue weighted by Crippen LogP contribution is -2.26.